The Bertz CT molecular complexity index is 783. The van der Waals surface area contributed by atoms with Gasteiger partial charge >= 0.3 is 0 Å². The lowest BCUT2D eigenvalue weighted by molar-refractivity contribution is -0.142. The number of imidazole rings is 1. The van der Waals surface area contributed by atoms with Crippen LogP contribution in [0.2, 0.25) is 0 Å². The number of carbonyl (C=O) groups excluding carboxylic acids is 1. The fraction of sp³-hybridized carbons (Fsp3) is 0.818. The summed E-state index contributed by atoms with van der Waals surface area (Å²) in [7, 11) is 0. The van der Waals surface area contributed by atoms with E-state index in [0.717, 1.165) is 24.4 Å². The molecule has 3 aliphatic carbocycles. The van der Waals surface area contributed by atoms with Gasteiger partial charge in [0, 0.05) is 61.7 Å². The molecule has 0 bridgehead atoms. The Kier molecular flexibility index (Phi) is 5.77. The maximum atomic E-state index is 13.6. The van der Waals surface area contributed by atoms with Crippen molar-refractivity contribution in [3.05, 3.63) is 17.7 Å². The molecule has 0 spiro atoms. The number of carbonyl (C=O) groups is 1. The molecule has 4 aliphatic rings. The minimum atomic E-state index is -2.58. The van der Waals surface area contributed by atoms with Gasteiger partial charge in [0.05, 0.1) is 25.2 Å². The second-order valence-corrected chi connectivity index (χ2v) is 9.70. The third kappa shape index (κ3) is 4.50. The van der Waals surface area contributed by atoms with Crippen molar-refractivity contribution in [3.8, 4) is 0 Å². The number of morpholine rings is 1. The molecular weight excluding hydrogens is 406 g/mol. The summed E-state index contributed by atoms with van der Waals surface area (Å²) in [5, 5.41) is 14.8. The molecule has 4 atom stereocenters. The maximum absolute atomic E-state index is 13.6. The van der Waals surface area contributed by atoms with Crippen LogP contribution in [0, 0.1) is 5.92 Å². The van der Waals surface area contributed by atoms with Crippen molar-refractivity contribution in [2.45, 2.75) is 80.9 Å². The van der Waals surface area contributed by atoms with Crippen molar-refractivity contribution >= 4 is 5.91 Å². The van der Waals surface area contributed by atoms with Gasteiger partial charge in [-0.1, -0.05) is 0 Å². The summed E-state index contributed by atoms with van der Waals surface area (Å²) in [6.07, 6.45) is 4.26. The summed E-state index contributed by atoms with van der Waals surface area (Å²) < 4.78 is 32.6. The van der Waals surface area contributed by atoms with Crippen molar-refractivity contribution in [3.63, 3.8) is 0 Å². The number of hydrogen-bond donors (Lipinski definition) is 3. The van der Waals surface area contributed by atoms with Crippen LogP contribution in [0.5, 0.6) is 0 Å². The zero-order valence-corrected chi connectivity index (χ0v) is 17.7. The lowest BCUT2D eigenvalue weighted by Gasteiger charge is -2.33. The molecule has 0 aromatic carbocycles. The molecule has 2 heterocycles. The minimum absolute atomic E-state index is 0.0256. The standard InChI is InChI=1S/C22H32F2N4O3/c23-22(24)5-3-14(4-6-22)26-16-11-15(21(30)28-7-9-31-10-8-28)19(29)18(16)17-12-25-20(27-17)13-1-2-13/h12-16,18-19,26,29H,1-11H2,(H,25,27)/t15-,16+,18+,19+/m0/s1. The molecule has 1 amide bonds. The third-order valence-electron chi connectivity index (χ3n) is 7.47. The van der Waals surface area contributed by atoms with Crippen LogP contribution in [0.15, 0.2) is 6.20 Å². The SMILES string of the molecule is O=C([C@H]1C[C@@H](NC2CCC(F)(F)CC2)[C@H](c2cnc(C3CC3)[nH]2)[C@@H]1O)N1CCOCC1. The zero-order valence-electron chi connectivity index (χ0n) is 17.7. The van der Waals surface area contributed by atoms with Gasteiger partial charge < -0.3 is 25.0 Å². The lowest BCUT2D eigenvalue weighted by atomic mass is 9.90. The number of nitrogens with one attached hydrogen (secondary N) is 2. The highest BCUT2D eigenvalue weighted by molar-refractivity contribution is 5.80. The van der Waals surface area contributed by atoms with Gasteiger partial charge in [0.25, 0.3) is 0 Å². The summed E-state index contributed by atoms with van der Waals surface area (Å²) in [6.45, 7) is 2.11. The second kappa shape index (κ2) is 8.41. The summed E-state index contributed by atoms with van der Waals surface area (Å²) in [5.41, 5.74) is 0.838. The van der Waals surface area contributed by atoms with Crippen LogP contribution in [-0.4, -0.2) is 76.3 Å². The number of hydrogen-bond acceptors (Lipinski definition) is 5. The summed E-state index contributed by atoms with van der Waals surface area (Å²) in [5.74, 6) is -2.03. The van der Waals surface area contributed by atoms with Gasteiger partial charge in [-0.25, -0.2) is 13.8 Å². The van der Waals surface area contributed by atoms with Gasteiger partial charge in [0.15, 0.2) is 0 Å². The number of H-pyrrole nitrogens is 1. The van der Waals surface area contributed by atoms with Crippen LogP contribution in [0.4, 0.5) is 8.78 Å². The van der Waals surface area contributed by atoms with E-state index in [1.165, 1.54) is 0 Å². The van der Waals surface area contributed by atoms with Crippen molar-refractivity contribution in [2.75, 3.05) is 26.3 Å². The van der Waals surface area contributed by atoms with Crippen LogP contribution in [0.25, 0.3) is 0 Å². The van der Waals surface area contributed by atoms with Gasteiger partial charge in [-0.2, -0.15) is 0 Å². The molecule has 1 aliphatic heterocycles. The average Bonchev–Trinajstić information content (AvgIpc) is 3.42. The number of aliphatic hydroxyl groups is 1. The van der Waals surface area contributed by atoms with E-state index in [1.54, 1.807) is 11.1 Å². The average molecular weight is 439 g/mol. The first-order valence-corrected chi connectivity index (χ1v) is 11.6. The Labute approximate surface area is 180 Å². The van der Waals surface area contributed by atoms with Crippen molar-refractivity contribution < 1.29 is 23.4 Å². The highest BCUT2D eigenvalue weighted by Crippen LogP contribution is 2.43. The molecule has 0 unspecified atom stereocenters. The summed E-state index contributed by atoms with van der Waals surface area (Å²) in [6, 6.07) is -0.184. The molecule has 172 valence electrons. The van der Waals surface area contributed by atoms with E-state index in [9.17, 15) is 18.7 Å². The van der Waals surface area contributed by atoms with Crippen LogP contribution < -0.4 is 5.32 Å². The van der Waals surface area contributed by atoms with Crippen molar-refractivity contribution in [2.24, 2.45) is 5.92 Å². The maximum Gasteiger partial charge on any atom is 0.248 e. The van der Waals surface area contributed by atoms with Gasteiger partial charge in [-0.15, -0.1) is 0 Å². The molecule has 7 nitrogen and oxygen atoms in total. The van der Waals surface area contributed by atoms with E-state index < -0.39 is 17.9 Å². The molecule has 3 N–H and O–H groups in total. The Morgan fingerprint density at radius 2 is 1.94 bits per heavy atom. The molecule has 1 aromatic heterocycles. The van der Waals surface area contributed by atoms with E-state index in [2.05, 4.69) is 15.3 Å². The second-order valence-electron chi connectivity index (χ2n) is 9.70. The van der Waals surface area contributed by atoms with Gasteiger partial charge in [0.1, 0.15) is 5.82 Å². The molecular formula is C22H32F2N4O3. The molecule has 1 aromatic rings. The normalized spacial score (nSPS) is 34.2. The monoisotopic (exact) mass is 438 g/mol. The number of aromatic amines is 1. The van der Waals surface area contributed by atoms with E-state index in [4.69, 9.17) is 4.74 Å². The molecule has 5 rings (SSSR count). The van der Waals surface area contributed by atoms with Crippen LogP contribution >= 0.6 is 0 Å². The molecule has 9 heteroatoms. The zero-order chi connectivity index (χ0) is 21.6. The molecule has 0 radical (unpaired) electrons. The minimum Gasteiger partial charge on any atom is -0.392 e. The van der Waals surface area contributed by atoms with Gasteiger partial charge in [0.2, 0.25) is 11.8 Å². The molecule has 1 saturated heterocycles. The summed E-state index contributed by atoms with van der Waals surface area (Å²) in [4.78, 5) is 22.9. The molecule has 4 fully saturated rings. The van der Waals surface area contributed by atoms with Crippen molar-refractivity contribution in [1.82, 2.24) is 20.2 Å². The highest BCUT2D eigenvalue weighted by atomic mass is 19.3. The first-order chi connectivity index (χ1) is 14.9. The van der Waals surface area contributed by atoms with Crippen LogP contribution in [0.1, 0.15) is 68.3 Å². The number of halogens is 2. The Morgan fingerprint density at radius 3 is 2.61 bits per heavy atom. The van der Waals surface area contributed by atoms with E-state index in [1.807, 2.05) is 0 Å². The first-order valence-electron chi connectivity index (χ1n) is 11.6. The predicted molar refractivity (Wildman–Crippen MR) is 109 cm³/mol. The Balaban J connectivity index is 1.34. The summed E-state index contributed by atoms with van der Waals surface area (Å²) >= 11 is 0. The smallest absolute Gasteiger partial charge is 0.248 e. The number of nitrogens with zero attached hydrogens (tertiary/aromatic N) is 2. The van der Waals surface area contributed by atoms with E-state index >= 15 is 0 Å². The van der Waals surface area contributed by atoms with E-state index in [0.29, 0.717) is 51.5 Å². The number of aliphatic hydroxyl groups excluding tert-OH is 1. The third-order valence-corrected chi connectivity index (χ3v) is 7.47. The number of aromatic nitrogens is 2. The fourth-order valence-corrected chi connectivity index (χ4v) is 5.48. The number of ether oxygens (including phenoxy) is 1. The Hall–Kier alpha value is -1.58. The number of rotatable bonds is 5. The molecule has 31 heavy (non-hydrogen) atoms. The van der Waals surface area contributed by atoms with E-state index in [-0.39, 0.29) is 36.8 Å². The van der Waals surface area contributed by atoms with Crippen LogP contribution in [-0.2, 0) is 9.53 Å². The number of amides is 1. The Morgan fingerprint density at radius 1 is 1.23 bits per heavy atom. The van der Waals surface area contributed by atoms with Crippen LogP contribution in [0.3, 0.4) is 0 Å². The quantitative estimate of drug-likeness (QED) is 0.655. The topological polar surface area (TPSA) is 90.5 Å². The predicted octanol–water partition coefficient (Wildman–Crippen LogP) is 2.15. The first kappa shape index (κ1) is 21.3. The van der Waals surface area contributed by atoms with Gasteiger partial charge in [-0.05, 0) is 32.1 Å². The highest BCUT2D eigenvalue weighted by Gasteiger charge is 2.49. The fourth-order valence-electron chi connectivity index (χ4n) is 5.48. The largest absolute Gasteiger partial charge is 0.392 e. The molecule has 3 saturated carbocycles. The number of alkyl halides is 2. The van der Waals surface area contributed by atoms with Gasteiger partial charge in [-0.3, -0.25) is 4.79 Å². The lowest BCUT2D eigenvalue weighted by Crippen LogP contribution is -2.45. The van der Waals surface area contributed by atoms with Crippen molar-refractivity contribution in [1.29, 1.82) is 0 Å².